The van der Waals surface area contributed by atoms with Crippen LogP contribution in [0, 0.1) is 0 Å². The molecular weight excluding hydrogens is 390 g/mol. The Hall–Kier alpha value is -3.29. The molecule has 0 saturated carbocycles. The molecule has 0 radical (unpaired) electrons. The van der Waals surface area contributed by atoms with Gasteiger partial charge in [-0.2, -0.15) is 0 Å². The minimum atomic E-state index is -1.79. The average Bonchev–Trinajstić information content (AvgIpc) is 2.74. The lowest BCUT2D eigenvalue weighted by Crippen LogP contribution is -2.60. The monoisotopic (exact) mass is 417 g/mol. The van der Waals surface area contributed by atoms with Crippen molar-refractivity contribution in [2.45, 2.75) is 26.3 Å². The maximum Gasteiger partial charge on any atom is 0.344 e. The summed E-state index contributed by atoms with van der Waals surface area (Å²) in [6, 6.07) is 5.17. The third-order valence-corrected chi connectivity index (χ3v) is 5.59. The summed E-state index contributed by atoms with van der Waals surface area (Å²) in [7, 11) is 7.10. The van der Waals surface area contributed by atoms with E-state index in [1.54, 1.807) is 39.1 Å². The van der Waals surface area contributed by atoms with Crippen LogP contribution in [0.25, 0.3) is 5.57 Å². The van der Waals surface area contributed by atoms with Crippen LogP contribution in [0.5, 0.6) is 11.5 Å². The molecule has 0 amide bonds. The second-order valence-corrected chi connectivity index (χ2v) is 6.84. The van der Waals surface area contributed by atoms with E-state index in [-0.39, 0.29) is 11.1 Å². The first-order valence-electron chi connectivity index (χ1n) is 9.19. The fourth-order valence-electron chi connectivity index (χ4n) is 3.99. The standard InChI is InChI=1S/C22H27NO7/c1-12-18(20(25)29-7)19(16-10-9-15(27-5)11-17(16)28-6)13(2)23(4)22(12,14(3)24)21(26)30-8/h9-11H,1-8H3. The highest BCUT2D eigenvalue weighted by Crippen LogP contribution is 2.46. The van der Waals surface area contributed by atoms with Crippen molar-refractivity contribution in [3.63, 3.8) is 0 Å². The summed E-state index contributed by atoms with van der Waals surface area (Å²) in [6.07, 6.45) is 0. The molecule has 0 fully saturated rings. The predicted molar refractivity (Wildman–Crippen MR) is 110 cm³/mol. The Morgan fingerprint density at radius 2 is 1.60 bits per heavy atom. The maximum absolute atomic E-state index is 12.9. The van der Waals surface area contributed by atoms with Gasteiger partial charge in [0.2, 0.25) is 5.54 Å². The molecule has 1 aliphatic rings. The van der Waals surface area contributed by atoms with Crippen LogP contribution >= 0.6 is 0 Å². The molecule has 8 heteroatoms. The van der Waals surface area contributed by atoms with Crippen molar-refractivity contribution in [3.8, 4) is 11.5 Å². The third-order valence-electron chi connectivity index (χ3n) is 5.59. The Labute approximate surface area is 176 Å². The molecule has 0 saturated heterocycles. The molecule has 162 valence electrons. The zero-order valence-electron chi connectivity index (χ0n) is 18.5. The lowest BCUT2D eigenvalue weighted by molar-refractivity contribution is -0.155. The summed E-state index contributed by atoms with van der Waals surface area (Å²) in [4.78, 5) is 40.1. The molecule has 1 atom stereocenters. The molecule has 1 aromatic rings. The number of rotatable bonds is 6. The summed E-state index contributed by atoms with van der Waals surface area (Å²) in [5.41, 5.74) is 0.120. The van der Waals surface area contributed by atoms with Gasteiger partial charge >= 0.3 is 11.9 Å². The molecule has 0 spiro atoms. The molecule has 1 heterocycles. The molecule has 1 unspecified atom stereocenters. The van der Waals surface area contributed by atoms with Gasteiger partial charge in [0.05, 0.1) is 34.0 Å². The van der Waals surface area contributed by atoms with E-state index in [2.05, 4.69) is 0 Å². The van der Waals surface area contributed by atoms with E-state index in [4.69, 9.17) is 18.9 Å². The Kier molecular flexibility index (Phi) is 6.60. The number of nitrogens with zero attached hydrogens (tertiary/aromatic N) is 1. The van der Waals surface area contributed by atoms with Crippen LogP contribution in [-0.2, 0) is 23.9 Å². The van der Waals surface area contributed by atoms with Gasteiger partial charge in [0.15, 0.2) is 5.78 Å². The number of likely N-dealkylation sites (N-methyl/N-ethyl adjacent to an activating group) is 1. The van der Waals surface area contributed by atoms with Crippen LogP contribution in [0.1, 0.15) is 26.3 Å². The Balaban J connectivity index is 2.97. The molecule has 0 aliphatic carbocycles. The molecular formula is C22H27NO7. The van der Waals surface area contributed by atoms with E-state index >= 15 is 0 Å². The summed E-state index contributed by atoms with van der Waals surface area (Å²) < 4.78 is 20.8. The zero-order valence-corrected chi connectivity index (χ0v) is 18.5. The first-order chi connectivity index (χ1) is 14.1. The minimum absolute atomic E-state index is 0.108. The third kappa shape index (κ3) is 3.22. The van der Waals surface area contributed by atoms with Gasteiger partial charge in [0.25, 0.3) is 0 Å². The number of hydrogen-bond acceptors (Lipinski definition) is 8. The van der Waals surface area contributed by atoms with Crippen LogP contribution in [0.4, 0.5) is 0 Å². The van der Waals surface area contributed by atoms with Gasteiger partial charge in [-0.1, -0.05) is 0 Å². The Bertz CT molecular complexity index is 960. The fourth-order valence-corrected chi connectivity index (χ4v) is 3.99. The molecule has 8 nitrogen and oxygen atoms in total. The first kappa shape index (κ1) is 23.0. The summed E-state index contributed by atoms with van der Waals surface area (Å²) in [6.45, 7) is 4.57. The van der Waals surface area contributed by atoms with Gasteiger partial charge in [-0.15, -0.1) is 0 Å². The van der Waals surface area contributed by atoms with Gasteiger partial charge in [0, 0.05) is 29.9 Å². The van der Waals surface area contributed by atoms with Gasteiger partial charge in [0.1, 0.15) is 11.5 Å². The maximum atomic E-state index is 12.9. The van der Waals surface area contributed by atoms with Crippen molar-refractivity contribution >= 4 is 23.3 Å². The van der Waals surface area contributed by atoms with E-state index in [1.165, 1.54) is 40.3 Å². The molecule has 0 N–H and O–H groups in total. The highest BCUT2D eigenvalue weighted by molar-refractivity contribution is 6.18. The number of methoxy groups -OCH3 is 4. The zero-order chi connectivity index (χ0) is 22.8. The van der Waals surface area contributed by atoms with E-state index in [0.29, 0.717) is 28.3 Å². The normalized spacial score (nSPS) is 18.9. The van der Waals surface area contributed by atoms with E-state index in [9.17, 15) is 14.4 Å². The number of allylic oxidation sites excluding steroid dienone is 1. The highest BCUT2D eigenvalue weighted by Gasteiger charge is 2.55. The van der Waals surface area contributed by atoms with Crippen LogP contribution in [0.3, 0.4) is 0 Å². The average molecular weight is 417 g/mol. The van der Waals surface area contributed by atoms with Crippen molar-refractivity contribution in [2.75, 3.05) is 35.5 Å². The van der Waals surface area contributed by atoms with Gasteiger partial charge in [-0.05, 0) is 38.5 Å². The van der Waals surface area contributed by atoms with Gasteiger partial charge in [-0.25, -0.2) is 9.59 Å². The molecule has 0 aromatic heterocycles. The largest absolute Gasteiger partial charge is 0.497 e. The topological polar surface area (TPSA) is 91.4 Å². The predicted octanol–water partition coefficient (Wildman–Crippen LogP) is 2.37. The lowest BCUT2D eigenvalue weighted by atomic mass is 9.75. The fraction of sp³-hybridized carbons (Fsp3) is 0.409. The number of carbonyl (C=O) groups excluding carboxylic acids is 3. The van der Waals surface area contributed by atoms with Crippen LogP contribution < -0.4 is 9.47 Å². The molecule has 2 rings (SSSR count). The summed E-state index contributed by atoms with van der Waals surface area (Å²) in [5.74, 6) is -0.902. The van der Waals surface area contributed by atoms with Gasteiger partial charge < -0.3 is 23.8 Å². The number of ether oxygens (including phenoxy) is 4. The van der Waals surface area contributed by atoms with Crippen molar-refractivity contribution < 1.29 is 33.3 Å². The second-order valence-electron chi connectivity index (χ2n) is 6.84. The van der Waals surface area contributed by atoms with Crippen molar-refractivity contribution in [1.82, 2.24) is 4.90 Å². The van der Waals surface area contributed by atoms with E-state index in [1.807, 2.05) is 0 Å². The van der Waals surface area contributed by atoms with Crippen molar-refractivity contribution in [3.05, 3.63) is 40.6 Å². The first-order valence-corrected chi connectivity index (χ1v) is 9.19. The second kappa shape index (κ2) is 8.61. The number of carbonyl (C=O) groups is 3. The summed E-state index contributed by atoms with van der Waals surface area (Å²) in [5, 5.41) is 0. The number of Topliss-reactive ketones (excluding diaryl/α,β-unsaturated/α-hetero) is 1. The van der Waals surface area contributed by atoms with E-state index < -0.39 is 23.3 Å². The van der Waals surface area contributed by atoms with Crippen LogP contribution in [-0.4, -0.2) is 63.6 Å². The van der Waals surface area contributed by atoms with Crippen LogP contribution in [0.15, 0.2) is 35.0 Å². The Morgan fingerprint density at radius 3 is 2.07 bits per heavy atom. The number of esters is 2. The minimum Gasteiger partial charge on any atom is -0.497 e. The SMILES string of the molecule is COC(=O)C1=C(C)C(C(C)=O)(C(=O)OC)N(C)C(C)=C1c1ccc(OC)cc1OC. The molecule has 1 aliphatic heterocycles. The van der Waals surface area contributed by atoms with Crippen molar-refractivity contribution in [1.29, 1.82) is 0 Å². The van der Waals surface area contributed by atoms with Crippen molar-refractivity contribution in [2.24, 2.45) is 0 Å². The van der Waals surface area contributed by atoms with Gasteiger partial charge in [-0.3, -0.25) is 4.79 Å². The smallest absolute Gasteiger partial charge is 0.344 e. The number of ketones is 1. The highest BCUT2D eigenvalue weighted by atomic mass is 16.5. The quantitative estimate of drug-likeness (QED) is 0.515. The molecule has 30 heavy (non-hydrogen) atoms. The van der Waals surface area contributed by atoms with Crippen LogP contribution in [0.2, 0.25) is 0 Å². The summed E-state index contributed by atoms with van der Waals surface area (Å²) >= 11 is 0. The molecule has 0 bridgehead atoms. The number of benzene rings is 1. The van der Waals surface area contributed by atoms with E-state index in [0.717, 1.165) is 0 Å². The Morgan fingerprint density at radius 1 is 0.967 bits per heavy atom. The molecule has 1 aromatic carbocycles. The number of hydrogen-bond donors (Lipinski definition) is 0. The lowest BCUT2D eigenvalue weighted by Gasteiger charge is -2.45.